The summed E-state index contributed by atoms with van der Waals surface area (Å²) in [4.78, 5) is 14.6. The van der Waals surface area contributed by atoms with Crippen molar-refractivity contribution in [1.29, 1.82) is 0 Å². The van der Waals surface area contributed by atoms with Crippen LogP contribution in [0.15, 0.2) is 29.5 Å². The van der Waals surface area contributed by atoms with Gasteiger partial charge < -0.3 is 14.4 Å². The number of aliphatic imine (C=N–C) groups is 1. The van der Waals surface area contributed by atoms with Gasteiger partial charge >= 0.3 is 0 Å². The van der Waals surface area contributed by atoms with Crippen LogP contribution in [-0.4, -0.2) is 36.9 Å². The molecule has 0 atom stereocenters. The largest absolute Gasteiger partial charge is 0.497 e. The fourth-order valence-electron chi connectivity index (χ4n) is 2.34. The third-order valence-electron chi connectivity index (χ3n) is 3.44. The molecule has 2 aromatic rings. The van der Waals surface area contributed by atoms with Crippen LogP contribution in [0.25, 0.3) is 0 Å². The van der Waals surface area contributed by atoms with Crippen LogP contribution >= 0.6 is 11.6 Å². The molecule has 3 rings (SSSR count). The second-order valence-corrected chi connectivity index (χ2v) is 5.06. The molecule has 1 aliphatic heterocycles. The first-order chi connectivity index (χ1) is 10.7. The number of fused-ring (bicyclic) bond motifs is 1. The third-order valence-corrected chi connectivity index (χ3v) is 3.71. The van der Waals surface area contributed by atoms with Crippen LogP contribution in [0.3, 0.4) is 0 Å². The molecule has 0 spiro atoms. The Hall–Kier alpha value is -2.34. The maximum Gasteiger partial charge on any atom is 0.160 e. The van der Waals surface area contributed by atoms with Crippen molar-refractivity contribution < 1.29 is 9.47 Å². The number of hydrogen-bond acceptors (Lipinski definition) is 6. The average Bonchev–Trinajstić information content (AvgIpc) is 2.56. The molecule has 114 valence electrons. The van der Waals surface area contributed by atoms with Crippen molar-refractivity contribution in [3.05, 3.63) is 35.2 Å². The van der Waals surface area contributed by atoms with Crippen molar-refractivity contribution in [2.75, 3.05) is 25.7 Å². The molecule has 6 nitrogen and oxygen atoms in total. The highest BCUT2D eigenvalue weighted by atomic mass is 35.5. The number of anilines is 1. The summed E-state index contributed by atoms with van der Waals surface area (Å²) in [5.74, 6) is 2.25. The van der Waals surface area contributed by atoms with E-state index >= 15 is 0 Å². The Kier molecular flexibility index (Phi) is 4.11. The molecule has 0 N–H and O–H groups in total. The van der Waals surface area contributed by atoms with Crippen molar-refractivity contribution in [1.82, 2.24) is 9.97 Å². The number of ether oxygens (including phenoxy) is 2. The second kappa shape index (κ2) is 6.19. The normalized spacial score (nSPS) is 13.0. The molecule has 2 heterocycles. The van der Waals surface area contributed by atoms with Crippen LogP contribution in [-0.2, 0) is 6.54 Å². The summed E-state index contributed by atoms with van der Waals surface area (Å²) in [6.45, 7) is 1.27. The summed E-state index contributed by atoms with van der Waals surface area (Å²) in [5, 5.41) is 0.354. The Morgan fingerprint density at radius 1 is 1.23 bits per heavy atom. The van der Waals surface area contributed by atoms with Crippen LogP contribution < -0.4 is 14.4 Å². The smallest absolute Gasteiger partial charge is 0.160 e. The number of benzene rings is 1. The molecule has 1 aliphatic rings. The third kappa shape index (κ3) is 2.69. The number of hydrogen-bond donors (Lipinski definition) is 0. The van der Waals surface area contributed by atoms with Gasteiger partial charge in [-0.1, -0.05) is 11.6 Å². The Balaban J connectivity index is 1.92. The Morgan fingerprint density at radius 2 is 2.09 bits per heavy atom. The minimum atomic E-state index is 0.354. The summed E-state index contributed by atoms with van der Waals surface area (Å²) in [6, 6.07) is 5.75. The van der Waals surface area contributed by atoms with Crippen molar-refractivity contribution in [3.63, 3.8) is 0 Å². The van der Waals surface area contributed by atoms with E-state index in [9.17, 15) is 0 Å². The fourth-order valence-corrected chi connectivity index (χ4v) is 2.51. The number of rotatable bonds is 4. The van der Waals surface area contributed by atoms with Crippen LogP contribution in [0.1, 0.15) is 5.56 Å². The monoisotopic (exact) mass is 318 g/mol. The fraction of sp³-hybridized carbons (Fsp3) is 0.267. The molecular formula is C15H15ClN4O2. The summed E-state index contributed by atoms with van der Waals surface area (Å²) < 4.78 is 10.7. The van der Waals surface area contributed by atoms with Gasteiger partial charge in [0, 0.05) is 24.4 Å². The van der Waals surface area contributed by atoms with E-state index in [1.165, 1.54) is 6.33 Å². The van der Waals surface area contributed by atoms with E-state index < -0.39 is 0 Å². The molecule has 1 aromatic heterocycles. The van der Waals surface area contributed by atoms with Crippen LogP contribution in [0.2, 0.25) is 5.15 Å². The van der Waals surface area contributed by atoms with Gasteiger partial charge in [0.1, 0.15) is 23.5 Å². The van der Waals surface area contributed by atoms with E-state index in [1.54, 1.807) is 20.4 Å². The molecule has 0 bridgehead atoms. The Labute approximate surface area is 133 Å². The standard InChI is InChI=1S/C15H15ClN4O2/c1-21-11-4-3-10(12(7-11)22-2)8-20-6-5-17-13-14(16)18-9-19-15(13)20/h3-5,7,9H,6,8H2,1-2H3. The first-order valence-electron chi connectivity index (χ1n) is 6.72. The zero-order valence-electron chi connectivity index (χ0n) is 12.3. The summed E-state index contributed by atoms with van der Waals surface area (Å²) in [6.07, 6.45) is 3.24. The van der Waals surface area contributed by atoms with Gasteiger partial charge in [0.05, 0.1) is 20.8 Å². The summed E-state index contributed by atoms with van der Waals surface area (Å²) in [7, 11) is 3.27. The summed E-state index contributed by atoms with van der Waals surface area (Å²) in [5.41, 5.74) is 1.63. The molecule has 0 saturated carbocycles. The van der Waals surface area contributed by atoms with Crippen molar-refractivity contribution in [3.8, 4) is 11.5 Å². The second-order valence-electron chi connectivity index (χ2n) is 4.71. The van der Waals surface area contributed by atoms with Crippen LogP contribution in [0.4, 0.5) is 11.5 Å². The molecule has 0 amide bonds. The molecular weight excluding hydrogens is 304 g/mol. The van der Waals surface area contributed by atoms with E-state index in [0.29, 0.717) is 23.9 Å². The van der Waals surface area contributed by atoms with Gasteiger partial charge in [-0.2, -0.15) is 0 Å². The Morgan fingerprint density at radius 3 is 2.86 bits per heavy atom. The zero-order valence-corrected chi connectivity index (χ0v) is 13.0. The van der Waals surface area contributed by atoms with Crippen LogP contribution in [0.5, 0.6) is 11.5 Å². The van der Waals surface area contributed by atoms with Crippen molar-refractivity contribution >= 4 is 29.3 Å². The lowest BCUT2D eigenvalue weighted by Gasteiger charge is -2.26. The minimum Gasteiger partial charge on any atom is -0.497 e. The van der Waals surface area contributed by atoms with Gasteiger partial charge in [-0.3, -0.25) is 4.99 Å². The van der Waals surface area contributed by atoms with Crippen molar-refractivity contribution in [2.24, 2.45) is 4.99 Å². The lowest BCUT2D eigenvalue weighted by atomic mass is 10.1. The number of nitrogens with zero attached hydrogens (tertiary/aromatic N) is 4. The number of aromatic nitrogens is 2. The van der Waals surface area contributed by atoms with Gasteiger partial charge in [-0.15, -0.1) is 0 Å². The molecule has 1 aromatic carbocycles. The first-order valence-corrected chi connectivity index (χ1v) is 7.09. The molecule has 0 saturated heterocycles. The van der Waals surface area contributed by atoms with Gasteiger partial charge in [0.25, 0.3) is 0 Å². The van der Waals surface area contributed by atoms with Gasteiger partial charge in [-0.25, -0.2) is 9.97 Å². The SMILES string of the molecule is COc1ccc(CN2CC=Nc3c(Cl)ncnc32)c(OC)c1. The maximum atomic E-state index is 6.08. The lowest BCUT2D eigenvalue weighted by molar-refractivity contribution is 0.391. The molecule has 7 heteroatoms. The molecule has 0 fully saturated rings. The van der Waals surface area contributed by atoms with Gasteiger partial charge in [0.2, 0.25) is 0 Å². The van der Waals surface area contributed by atoms with Gasteiger partial charge in [0.15, 0.2) is 11.0 Å². The van der Waals surface area contributed by atoms with Crippen LogP contribution in [0, 0.1) is 0 Å². The maximum absolute atomic E-state index is 6.08. The zero-order chi connectivity index (χ0) is 15.5. The van der Waals surface area contributed by atoms with E-state index in [4.69, 9.17) is 21.1 Å². The lowest BCUT2D eigenvalue weighted by Crippen LogP contribution is -2.28. The minimum absolute atomic E-state index is 0.354. The van der Waals surface area contributed by atoms with E-state index in [2.05, 4.69) is 19.9 Å². The quantitative estimate of drug-likeness (QED) is 0.811. The predicted octanol–water partition coefficient (Wildman–Crippen LogP) is 2.87. The van der Waals surface area contributed by atoms with E-state index in [-0.39, 0.29) is 0 Å². The first kappa shape index (κ1) is 14.6. The highest BCUT2D eigenvalue weighted by Crippen LogP contribution is 2.35. The number of methoxy groups -OCH3 is 2. The topological polar surface area (TPSA) is 59.8 Å². The molecule has 0 unspecified atom stereocenters. The average molecular weight is 319 g/mol. The molecule has 22 heavy (non-hydrogen) atoms. The highest BCUT2D eigenvalue weighted by molar-refractivity contribution is 6.32. The molecule has 0 aliphatic carbocycles. The van der Waals surface area contributed by atoms with Gasteiger partial charge in [-0.05, 0) is 12.1 Å². The molecule has 0 radical (unpaired) electrons. The predicted molar refractivity (Wildman–Crippen MR) is 85.8 cm³/mol. The van der Waals surface area contributed by atoms with E-state index in [0.717, 1.165) is 22.9 Å². The Bertz CT molecular complexity index is 721. The number of halogens is 1. The highest BCUT2D eigenvalue weighted by Gasteiger charge is 2.20. The van der Waals surface area contributed by atoms with E-state index in [1.807, 2.05) is 18.2 Å². The summed E-state index contributed by atoms with van der Waals surface area (Å²) >= 11 is 6.08. The van der Waals surface area contributed by atoms with Crippen molar-refractivity contribution in [2.45, 2.75) is 6.54 Å².